The van der Waals surface area contributed by atoms with Crippen LogP contribution in [-0.2, 0) is 17.4 Å². The zero-order valence-electron chi connectivity index (χ0n) is 18.8. The smallest absolute Gasteiger partial charge is 0.416 e. The van der Waals surface area contributed by atoms with E-state index in [-0.39, 0.29) is 6.42 Å². The molecule has 3 aromatic rings. The molecule has 1 N–H and O–H groups in total. The fourth-order valence-electron chi connectivity index (χ4n) is 4.27. The maximum absolute atomic E-state index is 14.7. The highest BCUT2D eigenvalue weighted by molar-refractivity contribution is 5.69. The first-order valence-corrected chi connectivity index (χ1v) is 11.1. The largest absolute Gasteiger partial charge is 0.485 e. The fourth-order valence-corrected chi connectivity index (χ4v) is 4.27. The first-order chi connectivity index (χ1) is 16.7. The molecule has 3 nitrogen and oxygen atoms in total. The van der Waals surface area contributed by atoms with Gasteiger partial charge in [0.2, 0.25) is 0 Å². The monoisotopic (exact) mass is 482 g/mol. The maximum Gasteiger partial charge on any atom is 0.416 e. The fraction of sp³-hybridized carbons (Fsp3) is 0.250. The molecule has 2 atom stereocenters. The van der Waals surface area contributed by atoms with Crippen molar-refractivity contribution in [2.75, 3.05) is 0 Å². The molecule has 0 spiro atoms. The molecule has 2 unspecified atom stereocenters. The van der Waals surface area contributed by atoms with E-state index in [1.165, 1.54) is 24.3 Å². The molecule has 35 heavy (non-hydrogen) atoms. The first-order valence-electron chi connectivity index (χ1n) is 11.1. The predicted octanol–water partition coefficient (Wildman–Crippen LogP) is 7.16. The molecule has 3 aromatic carbocycles. The van der Waals surface area contributed by atoms with Crippen LogP contribution >= 0.6 is 0 Å². The van der Waals surface area contributed by atoms with E-state index >= 15 is 0 Å². The quantitative estimate of drug-likeness (QED) is 0.310. The van der Waals surface area contributed by atoms with Crippen molar-refractivity contribution in [3.05, 3.63) is 88.7 Å². The summed E-state index contributed by atoms with van der Waals surface area (Å²) in [7, 11) is 0. The molecule has 0 saturated carbocycles. The lowest BCUT2D eigenvalue weighted by molar-refractivity contribution is -0.138. The van der Waals surface area contributed by atoms with E-state index in [1.54, 1.807) is 25.1 Å². The van der Waals surface area contributed by atoms with Crippen molar-refractivity contribution in [1.29, 1.82) is 0 Å². The van der Waals surface area contributed by atoms with Gasteiger partial charge in [-0.15, -0.1) is 5.92 Å². The molecule has 7 heteroatoms. The van der Waals surface area contributed by atoms with Gasteiger partial charge in [0.25, 0.3) is 0 Å². The maximum atomic E-state index is 14.7. The van der Waals surface area contributed by atoms with Gasteiger partial charge in [-0.05, 0) is 72.4 Å². The minimum absolute atomic E-state index is 0.106. The Balaban J connectivity index is 1.58. The number of carboxylic acid groups (broad SMARTS) is 1. The number of ether oxygens (including phenoxy) is 1. The molecule has 0 bridgehead atoms. The number of aryl methyl sites for hydroxylation is 1. The van der Waals surface area contributed by atoms with Gasteiger partial charge in [-0.1, -0.05) is 36.3 Å². The van der Waals surface area contributed by atoms with Gasteiger partial charge in [0.05, 0.1) is 17.9 Å². The van der Waals surface area contributed by atoms with E-state index in [4.69, 9.17) is 4.74 Å². The second-order valence-electron chi connectivity index (χ2n) is 8.37. The number of halogens is 4. The van der Waals surface area contributed by atoms with E-state index < -0.39 is 35.5 Å². The lowest BCUT2D eigenvalue weighted by atomic mass is 9.90. The Labute approximate surface area is 200 Å². The summed E-state index contributed by atoms with van der Waals surface area (Å²) in [4.78, 5) is 11.2. The SMILES string of the molecule is CC#CC(CC(=O)O)c1ccc2c(c1)CCC(c1cc(-c3ccc(C(F)(F)F)cc3)ccc1F)O2. The Morgan fingerprint density at radius 2 is 1.80 bits per heavy atom. The van der Waals surface area contributed by atoms with Crippen LogP contribution in [0.15, 0.2) is 60.7 Å². The Bertz CT molecular complexity index is 1300. The number of hydrogen-bond donors (Lipinski definition) is 1. The standard InChI is InChI=1S/C28H22F4O3/c1-2-3-18(16-27(33)34)19-7-12-25-21(14-19)8-13-26(35-25)23-15-20(6-11-24(23)29)17-4-9-22(10-5-17)28(30,31)32/h4-7,9-12,14-15,18,26H,8,13,16H2,1H3,(H,33,34). The number of carbonyl (C=O) groups is 1. The molecule has 0 saturated heterocycles. The Morgan fingerprint density at radius 1 is 1.09 bits per heavy atom. The summed E-state index contributed by atoms with van der Waals surface area (Å²) in [5.41, 5.74) is 2.41. The summed E-state index contributed by atoms with van der Waals surface area (Å²) >= 11 is 0. The predicted molar refractivity (Wildman–Crippen MR) is 123 cm³/mol. The van der Waals surface area contributed by atoms with Crippen molar-refractivity contribution in [3.63, 3.8) is 0 Å². The average molecular weight is 482 g/mol. The number of benzene rings is 3. The van der Waals surface area contributed by atoms with E-state index in [0.717, 1.165) is 23.3 Å². The highest BCUT2D eigenvalue weighted by Gasteiger charge is 2.30. The van der Waals surface area contributed by atoms with Gasteiger partial charge >= 0.3 is 12.1 Å². The Morgan fingerprint density at radius 3 is 2.46 bits per heavy atom. The van der Waals surface area contributed by atoms with Gasteiger partial charge < -0.3 is 9.84 Å². The topological polar surface area (TPSA) is 46.5 Å². The zero-order chi connectivity index (χ0) is 25.2. The second kappa shape index (κ2) is 9.83. The van der Waals surface area contributed by atoms with Crippen molar-refractivity contribution in [2.45, 2.75) is 44.4 Å². The van der Waals surface area contributed by atoms with Crippen LogP contribution in [0.2, 0.25) is 0 Å². The summed E-state index contributed by atoms with van der Waals surface area (Å²) in [5.74, 6) is 4.47. The van der Waals surface area contributed by atoms with E-state index in [2.05, 4.69) is 11.8 Å². The van der Waals surface area contributed by atoms with Crippen LogP contribution in [0.25, 0.3) is 11.1 Å². The molecule has 0 amide bonds. The highest BCUT2D eigenvalue weighted by Crippen LogP contribution is 2.39. The van der Waals surface area contributed by atoms with Gasteiger partial charge in [0, 0.05) is 5.56 Å². The number of alkyl halides is 3. The van der Waals surface area contributed by atoms with Crippen LogP contribution in [-0.4, -0.2) is 11.1 Å². The number of aliphatic carboxylic acids is 1. The van der Waals surface area contributed by atoms with E-state index in [9.17, 15) is 27.5 Å². The summed E-state index contributed by atoms with van der Waals surface area (Å²) in [6.07, 6.45) is -4.00. The summed E-state index contributed by atoms with van der Waals surface area (Å²) < 4.78 is 59.4. The molecule has 1 aliphatic heterocycles. The van der Waals surface area contributed by atoms with Crippen LogP contribution in [0, 0.1) is 17.7 Å². The van der Waals surface area contributed by atoms with E-state index in [1.807, 2.05) is 6.07 Å². The Kier molecular flexibility index (Phi) is 6.83. The molecule has 180 valence electrons. The zero-order valence-corrected chi connectivity index (χ0v) is 18.8. The van der Waals surface area contributed by atoms with Crippen LogP contribution in [0.5, 0.6) is 5.75 Å². The van der Waals surface area contributed by atoms with Crippen LogP contribution in [0.3, 0.4) is 0 Å². The molecule has 1 heterocycles. The second-order valence-corrected chi connectivity index (χ2v) is 8.37. The number of hydrogen-bond acceptors (Lipinski definition) is 2. The third kappa shape index (κ3) is 5.48. The normalized spacial score (nSPS) is 15.9. The molecule has 0 aromatic heterocycles. The van der Waals surface area contributed by atoms with Gasteiger partial charge in [-0.3, -0.25) is 4.79 Å². The van der Waals surface area contributed by atoms with Gasteiger partial charge in [-0.2, -0.15) is 13.2 Å². The van der Waals surface area contributed by atoms with Crippen molar-refractivity contribution < 1.29 is 32.2 Å². The van der Waals surface area contributed by atoms with Crippen LogP contribution in [0.1, 0.15) is 54.0 Å². The van der Waals surface area contributed by atoms with Gasteiger partial charge in [0.15, 0.2) is 0 Å². The number of fused-ring (bicyclic) bond motifs is 1. The minimum atomic E-state index is -4.42. The minimum Gasteiger partial charge on any atom is -0.485 e. The van der Waals surface area contributed by atoms with Crippen LogP contribution < -0.4 is 4.74 Å². The van der Waals surface area contributed by atoms with Crippen molar-refractivity contribution in [2.24, 2.45) is 0 Å². The molecule has 1 aliphatic rings. The molecular formula is C28H22F4O3. The van der Waals surface area contributed by atoms with Gasteiger partial charge in [0.1, 0.15) is 17.7 Å². The lowest BCUT2D eigenvalue weighted by Gasteiger charge is -2.28. The average Bonchev–Trinajstić information content (AvgIpc) is 2.83. The van der Waals surface area contributed by atoms with Crippen LogP contribution in [0.4, 0.5) is 17.6 Å². The molecular weight excluding hydrogens is 460 g/mol. The summed E-state index contributed by atoms with van der Waals surface area (Å²) in [6, 6.07) is 14.6. The van der Waals surface area contributed by atoms with Crippen molar-refractivity contribution in [3.8, 4) is 28.7 Å². The summed E-state index contributed by atoms with van der Waals surface area (Å²) in [5, 5.41) is 9.17. The van der Waals surface area contributed by atoms with Crippen molar-refractivity contribution >= 4 is 5.97 Å². The third-order valence-electron chi connectivity index (χ3n) is 6.02. The van der Waals surface area contributed by atoms with Gasteiger partial charge in [-0.25, -0.2) is 4.39 Å². The number of rotatable bonds is 5. The first kappa shape index (κ1) is 24.3. The van der Waals surface area contributed by atoms with Crippen molar-refractivity contribution in [1.82, 2.24) is 0 Å². The third-order valence-corrected chi connectivity index (χ3v) is 6.02. The van der Waals surface area contributed by atoms with E-state index in [0.29, 0.717) is 35.3 Å². The molecule has 0 aliphatic carbocycles. The summed E-state index contributed by atoms with van der Waals surface area (Å²) in [6.45, 7) is 1.66. The molecule has 0 radical (unpaired) electrons. The molecule has 4 rings (SSSR count). The molecule has 0 fully saturated rings. The number of carboxylic acids is 1. The highest BCUT2D eigenvalue weighted by atomic mass is 19.4. The lowest BCUT2D eigenvalue weighted by Crippen LogP contribution is -2.17. The Hall–Kier alpha value is -3.79.